The summed E-state index contributed by atoms with van der Waals surface area (Å²) in [5.41, 5.74) is 4.75. The van der Waals surface area contributed by atoms with Crippen LogP contribution < -0.4 is 10.6 Å². The minimum Gasteiger partial charge on any atom is -0.354 e. The quantitative estimate of drug-likeness (QED) is 0.374. The second-order valence-electron chi connectivity index (χ2n) is 7.23. The minimum atomic E-state index is -0.335. The van der Waals surface area contributed by atoms with Crippen molar-refractivity contribution >= 4 is 28.8 Å². The number of amides is 1. The molecule has 0 saturated heterocycles. The van der Waals surface area contributed by atoms with Crippen LogP contribution >= 0.6 is 0 Å². The first-order valence-corrected chi connectivity index (χ1v) is 10.0. The molecule has 4 heteroatoms. The van der Waals surface area contributed by atoms with Crippen molar-refractivity contribution in [2.45, 2.75) is 6.92 Å². The largest absolute Gasteiger partial charge is 0.354 e. The third-order valence-electron chi connectivity index (χ3n) is 4.96. The molecule has 0 fully saturated rings. The maximum absolute atomic E-state index is 13.1. The van der Waals surface area contributed by atoms with Crippen molar-refractivity contribution in [3.63, 3.8) is 0 Å². The van der Waals surface area contributed by atoms with E-state index in [2.05, 4.69) is 10.6 Å². The number of carbonyl (C=O) groups excluding carboxylic acids is 2. The molecule has 4 aromatic carbocycles. The number of hydrogen-bond acceptors (Lipinski definition) is 3. The Balaban J connectivity index is 1.60. The van der Waals surface area contributed by atoms with Crippen LogP contribution in [0, 0.1) is 6.92 Å². The molecule has 0 saturated carbocycles. The fourth-order valence-corrected chi connectivity index (χ4v) is 3.31. The van der Waals surface area contributed by atoms with Gasteiger partial charge in [-0.1, -0.05) is 78.4 Å². The number of benzene rings is 4. The van der Waals surface area contributed by atoms with Gasteiger partial charge in [0.05, 0.1) is 16.9 Å². The van der Waals surface area contributed by atoms with Crippen LogP contribution in [0.15, 0.2) is 103 Å². The van der Waals surface area contributed by atoms with E-state index in [0.29, 0.717) is 22.4 Å². The number of anilines is 3. The number of nitrogens with one attached hydrogen (secondary N) is 2. The lowest BCUT2D eigenvalue weighted by Gasteiger charge is -2.14. The predicted molar refractivity (Wildman–Crippen MR) is 125 cm³/mol. The molecule has 0 aliphatic carbocycles. The van der Waals surface area contributed by atoms with E-state index in [1.807, 2.05) is 73.7 Å². The van der Waals surface area contributed by atoms with Crippen LogP contribution in [0.4, 0.5) is 17.1 Å². The number of rotatable bonds is 6. The maximum atomic E-state index is 13.1. The van der Waals surface area contributed by atoms with Crippen LogP contribution in [-0.4, -0.2) is 11.7 Å². The second kappa shape index (κ2) is 9.09. The van der Waals surface area contributed by atoms with E-state index < -0.39 is 0 Å². The molecule has 0 aliphatic rings. The molecule has 0 radical (unpaired) electrons. The first kappa shape index (κ1) is 20.1. The Bertz CT molecular complexity index is 1220. The Morgan fingerprint density at radius 1 is 0.613 bits per heavy atom. The van der Waals surface area contributed by atoms with Gasteiger partial charge in [0.25, 0.3) is 5.91 Å². The first-order chi connectivity index (χ1) is 15.1. The standard InChI is InChI=1S/C27H22N2O2/c1-19-15-17-21(18-16-19)28-24-13-7-8-14-25(24)29-27(31)23-12-6-5-11-22(23)26(30)20-9-3-2-4-10-20/h2-18,28H,1H3,(H,29,31). The van der Waals surface area contributed by atoms with Gasteiger partial charge in [-0.3, -0.25) is 9.59 Å². The van der Waals surface area contributed by atoms with Gasteiger partial charge in [0.1, 0.15) is 0 Å². The number of para-hydroxylation sites is 2. The van der Waals surface area contributed by atoms with E-state index in [4.69, 9.17) is 0 Å². The summed E-state index contributed by atoms with van der Waals surface area (Å²) in [7, 11) is 0. The maximum Gasteiger partial charge on any atom is 0.256 e. The fraction of sp³-hybridized carbons (Fsp3) is 0.0370. The van der Waals surface area contributed by atoms with Gasteiger partial charge < -0.3 is 10.6 Å². The number of aryl methyl sites for hydroxylation is 1. The zero-order valence-electron chi connectivity index (χ0n) is 17.1. The van der Waals surface area contributed by atoms with Gasteiger partial charge in [-0.25, -0.2) is 0 Å². The summed E-state index contributed by atoms with van der Waals surface area (Å²) >= 11 is 0. The summed E-state index contributed by atoms with van der Waals surface area (Å²) < 4.78 is 0. The van der Waals surface area contributed by atoms with Crippen LogP contribution in [0.1, 0.15) is 31.8 Å². The van der Waals surface area contributed by atoms with Crippen molar-refractivity contribution in [2.75, 3.05) is 10.6 Å². The second-order valence-corrected chi connectivity index (χ2v) is 7.23. The van der Waals surface area contributed by atoms with E-state index >= 15 is 0 Å². The summed E-state index contributed by atoms with van der Waals surface area (Å²) in [5.74, 6) is -0.518. The Hall–Kier alpha value is -4.18. The van der Waals surface area contributed by atoms with Crippen molar-refractivity contribution in [1.82, 2.24) is 0 Å². The third-order valence-corrected chi connectivity index (χ3v) is 4.96. The Morgan fingerprint density at radius 3 is 1.90 bits per heavy atom. The zero-order chi connectivity index (χ0) is 21.6. The molecule has 0 spiro atoms. The molecule has 0 heterocycles. The smallest absolute Gasteiger partial charge is 0.256 e. The highest BCUT2D eigenvalue weighted by Gasteiger charge is 2.18. The minimum absolute atomic E-state index is 0.183. The molecular weight excluding hydrogens is 384 g/mol. The molecular formula is C27H22N2O2. The summed E-state index contributed by atoms with van der Waals surface area (Å²) in [6, 6.07) is 31.3. The van der Waals surface area contributed by atoms with E-state index in [1.165, 1.54) is 5.56 Å². The van der Waals surface area contributed by atoms with Crippen LogP contribution in [0.25, 0.3) is 0 Å². The lowest BCUT2D eigenvalue weighted by atomic mass is 9.98. The van der Waals surface area contributed by atoms with Gasteiger partial charge in [0.2, 0.25) is 0 Å². The molecule has 152 valence electrons. The molecule has 2 N–H and O–H groups in total. The molecule has 0 bridgehead atoms. The van der Waals surface area contributed by atoms with Crippen LogP contribution in [0.3, 0.4) is 0 Å². The lowest BCUT2D eigenvalue weighted by molar-refractivity contribution is 0.0996. The molecule has 0 atom stereocenters. The molecule has 4 rings (SSSR count). The Kier molecular flexibility index (Phi) is 5.90. The molecule has 31 heavy (non-hydrogen) atoms. The molecule has 0 aliphatic heterocycles. The Labute approximate surface area is 181 Å². The highest BCUT2D eigenvalue weighted by Crippen LogP contribution is 2.26. The topological polar surface area (TPSA) is 58.2 Å². The van der Waals surface area contributed by atoms with Crippen molar-refractivity contribution in [2.24, 2.45) is 0 Å². The van der Waals surface area contributed by atoms with Crippen molar-refractivity contribution in [1.29, 1.82) is 0 Å². The van der Waals surface area contributed by atoms with Crippen molar-refractivity contribution < 1.29 is 9.59 Å². The highest BCUT2D eigenvalue weighted by atomic mass is 16.2. The van der Waals surface area contributed by atoms with Crippen LogP contribution in [0.2, 0.25) is 0 Å². The van der Waals surface area contributed by atoms with Gasteiger partial charge in [-0.2, -0.15) is 0 Å². The van der Waals surface area contributed by atoms with E-state index in [0.717, 1.165) is 11.4 Å². The monoisotopic (exact) mass is 406 g/mol. The summed E-state index contributed by atoms with van der Waals surface area (Å²) in [5, 5.41) is 6.29. The SMILES string of the molecule is Cc1ccc(Nc2ccccc2NC(=O)c2ccccc2C(=O)c2ccccc2)cc1. The average molecular weight is 406 g/mol. The van der Waals surface area contributed by atoms with E-state index in [-0.39, 0.29) is 11.7 Å². The normalized spacial score (nSPS) is 10.4. The van der Waals surface area contributed by atoms with Gasteiger partial charge in [-0.15, -0.1) is 0 Å². The molecule has 4 aromatic rings. The predicted octanol–water partition coefficient (Wildman–Crippen LogP) is 6.22. The molecule has 0 unspecified atom stereocenters. The third kappa shape index (κ3) is 4.70. The van der Waals surface area contributed by atoms with Crippen molar-refractivity contribution in [3.05, 3.63) is 125 Å². The average Bonchev–Trinajstić information content (AvgIpc) is 2.82. The van der Waals surface area contributed by atoms with Gasteiger partial charge in [0.15, 0.2) is 5.78 Å². The van der Waals surface area contributed by atoms with Gasteiger partial charge in [0, 0.05) is 16.8 Å². The number of hydrogen-bond donors (Lipinski definition) is 2. The molecule has 1 amide bonds. The van der Waals surface area contributed by atoms with Crippen molar-refractivity contribution in [3.8, 4) is 0 Å². The molecule has 4 nitrogen and oxygen atoms in total. The van der Waals surface area contributed by atoms with Crippen LogP contribution in [0.5, 0.6) is 0 Å². The Morgan fingerprint density at radius 2 is 1.19 bits per heavy atom. The summed E-state index contributed by atoms with van der Waals surface area (Å²) in [4.78, 5) is 26.1. The van der Waals surface area contributed by atoms with Gasteiger partial charge >= 0.3 is 0 Å². The summed E-state index contributed by atoms with van der Waals surface area (Å²) in [6.07, 6.45) is 0. The zero-order valence-corrected chi connectivity index (χ0v) is 17.1. The van der Waals surface area contributed by atoms with Crippen LogP contribution in [-0.2, 0) is 0 Å². The van der Waals surface area contributed by atoms with E-state index in [1.54, 1.807) is 36.4 Å². The highest BCUT2D eigenvalue weighted by molar-refractivity contribution is 6.18. The molecule has 0 aromatic heterocycles. The first-order valence-electron chi connectivity index (χ1n) is 10.0. The number of ketones is 1. The van der Waals surface area contributed by atoms with E-state index in [9.17, 15) is 9.59 Å². The fourth-order valence-electron chi connectivity index (χ4n) is 3.31. The number of carbonyl (C=O) groups is 2. The summed E-state index contributed by atoms with van der Waals surface area (Å²) in [6.45, 7) is 2.03. The van der Waals surface area contributed by atoms with Gasteiger partial charge in [-0.05, 0) is 37.3 Å². The lowest BCUT2D eigenvalue weighted by Crippen LogP contribution is -2.17.